The fourth-order valence-corrected chi connectivity index (χ4v) is 1.93. The molecule has 0 unspecified atom stereocenters. The molecule has 0 aliphatic heterocycles. The van der Waals surface area contributed by atoms with Crippen molar-refractivity contribution in [2.45, 2.75) is 0 Å². The van der Waals surface area contributed by atoms with E-state index in [-0.39, 0.29) is 5.69 Å². The van der Waals surface area contributed by atoms with Gasteiger partial charge in [0.25, 0.3) is 0 Å². The molecule has 0 amide bonds. The normalized spacial score (nSPS) is 10.9. The van der Waals surface area contributed by atoms with Gasteiger partial charge in [-0.1, -0.05) is 11.6 Å². The number of H-pyrrole nitrogens is 1. The first-order valence-electron chi connectivity index (χ1n) is 5.49. The van der Waals surface area contributed by atoms with Crippen molar-refractivity contribution in [1.29, 1.82) is 0 Å². The second kappa shape index (κ2) is 4.51. The van der Waals surface area contributed by atoms with E-state index < -0.39 is 11.6 Å². The van der Waals surface area contributed by atoms with Crippen LogP contribution in [0.3, 0.4) is 0 Å². The number of anilines is 2. The van der Waals surface area contributed by atoms with Gasteiger partial charge in [0, 0.05) is 11.1 Å². The van der Waals surface area contributed by atoms with Crippen molar-refractivity contribution in [2.24, 2.45) is 0 Å². The molecule has 96 valence electrons. The van der Waals surface area contributed by atoms with Crippen LogP contribution in [0.2, 0.25) is 5.02 Å². The van der Waals surface area contributed by atoms with Gasteiger partial charge in [-0.25, -0.2) is 13.8 Å². The summed E-state index contributed by atoms with van der Waals surface area (Å²) < 4.78 is 26.5. The van der Waals surface area contributed by atoms with Gasteiger partial charge in [0.1, 0.15) is 11.6 Å². The third kappa shape index (κ3) is 2.37. The SMILES string of the molecule is Fc1ccc(F)c(Nc2nc3ccc(Cl)cc3[nH]2)c1. The molecule has 19 heavy (non-hydrogen) atoms. The van der Waals surface area contributed by atoms with E-state index >= 15 is 0 Å². The van der Waals surface area contributed by atoms with E-state index in [1.807, 2.05) is 0 Å². The molecule has 0 saturated carbocycles. The fourth-order valence-electron chi connectivity index (χ4n) is 1.76. The van der Waals surface area contributed by atoms with Crippen molar-refractivity contribution >= 4 is 34.3 Å². The van der Waals surface area contributed by atoms with E-state index in [2.05, 4.69) is 15.3 Å². The molecule has 3 nitrogen and oxygen atoms in total. The van der Waals surface area contributed by atoms with Crippen LogP contribution in [0.1, 0.15) is 0 Å². The fraction of sp³-hybridized carbons (Fsp3) is 0. The highest BCUT2D eigenvalue weighted by atomic mass is 35.5. The molecule has 0 radical (unpaired) electrons. The van der Waals surface area contributed by atoms with E-state index in [1.165, 1.54) is 0 Å². The first-order chi connectivity index (χ1) is 9.11. The molecule has 6 heteroatoms. The molecule has 0 spiro atoms. The van der Waals surface area contributed by atoms with Crippen LogP contribution in [-0.2, 0) is 0 Å². The number of fused-ring (bicyclic) bond motifs is 1. The molecule has 0 aliphatic rings. The van der Waals surface area contributed by atoms with Gasteiger partial charge < -0.3 is 10.3 Å². The molecular weight excluding hydrogens is 272 g/mol. The quantitative estimate of drug-likeness (QED) is 0.737. The Kier molecular flexibility index (Phi) is 2.83. The second-order valence-electron chi connectivity index (χ2n) is 4.00. The molecule has 0 atom stereocenters. The number of nitrogens with one attached hydrogen (secondary N) is 2. The Morgan fingerprint density at radius 1 is 1.11 bits per heavy atom. The molecule has 1 aromatic heterocycles. The molecule has 0 saturated heterocycles. The van der Waals surface area contributed by atoms with Gasteiger partial charge in [-0.15, -0.1) is 0 Å². The summed E-state index contributed by atoms with van der Waals surface area (Å²) in [5.41, 5.74) is 1.42. The number of benzene rings is 2. The Bertz CT molecular complexity index is 755. The number of imidazole rings is 1. The van der Waals surface area contributed by atoms with Crippen LogP contribution in [0.5, 0.6) is 0 Å². The summed E-state index contributed by atoms with van der Waals surface area (Å²) in [6, 6.07) is 8.32. The monoisotopic (exact) mass is 279 g/mol. The number of halogens is 3. The van der Waals surface area contributed by atoms with E-state index in [0.29, 0.717) is 22.0 Å². The Balaban J connectivity index is 1.98. The van der Waals surface area contributed by atoms with Crippen molar-refractivity contribution in [3.8, 4) is 0 Å². The van der Waals surface area contributed by atoms with Crippen LogP contribution >= 0.6 is 11.6 Å². The molecule has 2 N–H and O–H groups in total. The molecule has 0 bridgehead atoms. The summed E-state index contributed by atoms with van der Waals surface area (Å²) in [6.07, 6.45) is 0. The molecule has 3 aromatic rings. The zero-order chi connectivity index (χ0) is 13.4. The maximum atomic E-state index is 13.5. The zero-order valence-electron chi connectivity index (χ0n) is 9.55. The summed E-state index contributed by atoms with van der Waals surface area (Å²) in [7, 11) is 0. The number of nitrogens with zero attached hydrogens (tertiary/aromatic N) is 1. The van der Waals surface area contributed by atoms with Gasteiger partial charge in [-0.05, 0) is 30.3 Å². The van der Waals surface area contributed by atoms with Gasteiger partial charge in [-0.3, -0.25) is 0 Å². The Labute approximate surface area is 112 Å². The average Bonchev–Trinajstić information content (AvgIpc) is 2.75. The number of rotatable bonds is 2. The van der Waals surface area contributed by atoms with E-state index in [1.54, 1.807) is 18.2 Å². The predicted octanol–water partition coefficient (Wildman–Crippen LogP) is 4.24. The van der Waals surface area contributed by atoms with Gasteiger partial charge in [0.2, 0.25) is 5.95 Å². The maximum Gasteiger partial charge on any atom is 0.205 e. The van der Waals surface area contributed by atoms with Gasteiger partial charge >= 0.3 is 0 Å². The minimum Gasteiger partial charge on any atom is -0.324 e. The first kappa shape index (κ1) is 11.9. The van der Waals surface area contributed by atoms with Gasteiger partial charge in [0.05, 0.1) is 16.7 Å². The van der Waals surface area contributed by atoms with Crippen LogP contribution in [0.25, 0.3) is 11.0 Å². The van der Waals surface area contributed by atoms with Crippen LogP contribution in [0, 0.1) is 11.6 Å². The molecule has 2 aromatic carbocycles. The molecule has 0 fully saturated rings. The van der Waals surface area contributed by atoms with Crippen molar-refractivity contribution < 1.29 is 8.78 Å². The van der Waals surface area contributed by atoms with Crippen molar-refractivity contribution in [1.82, 2.24) is 9.97 Å². The smallest absolute Gasteiger partial charge is 0.205 e. The van der Waals surface area contributed by atoms with E-state index in [0.717, 1.165) is 18.2 Å². The largest absolute Gasteiger partial charge is 0.324 e. The lowest BCUT2D eigenvalue weighted by Gasteiger charge is -2.03. The first-order valence-corrected chi connectivity index (χ1v) is 5.87. The van der Waals surface area contributed by atoms with E-state index in [4.69, 9.17) is 11.6 Å². The lowest BCUT2D eigenvalue weighted by Crippen LogP contribution is -1.96. The average molecular weight is 280 g/mol. The number of hydrogen-bond acceptors (Lipinski definition) is 2. The Morgan fingerprint density at radius 2 is 1.95 bits per heavy atom. The lowest BCUT2D eigenvalue weighted by atomic mass is 10.3. The topological polar surface area (TPSA) is 40.7 Å². The minimum absolute atomic E-state index is 0.0187. The lowest BCUT2D eigenvalue weighted by molar-refractivity contribution is 0.603. The number of hydrogen-bond donors (Lipinski definition) is 2. The molecular formula is C13H8ClF2N3. The summed E-state index contributed by atoms with van der Waals surface area (Å²) >= 11 is 5.86. The van der Waals surface area contributed by atoms with Crippen LogP contribution in [0.15, 0.2) is 36.4 Å². The molecule has 0 aliphatic carbocycles. The van der Waals surface area contributed by atoms with Gasteiger partial charge in [0.15, 0.2) is 0 Å². The standard InChI is InChI=1S/C13H8ClF2N3/c14-7-1-4-10-12(5-7)19-13(17-10)18-11-6-8(15)2-3-9(11)16/h1-6H,(H2,17,18,19). The van der Waals surface area contributed by atoms with Crippen LogP contribution in [0.4, 0.5) is 20.4 Å². The Morgan fingerprint density at radius 3 is 2.79 bits per heavy atom. The summed E-state index contributed by atoms with van der Waals surface area (Å²) in [4.78, 5) is 7.14. The van der Waals surface area contributed by atoms with Gasteiger partial charge in [-0.2, -0.15) is 0 Å². The predicted molar refractivity (Wildman–Crippen MR) is 70.7 cm³/mol. The number of aromatic amines is 1. The summed E-state index contributed by atoms with van der Waals surface area (Å²) in [6.45, 7) is 0. The number of aromatic nitrogens is 2. The van der Waals surface area contributed by atoms with Crippen LogP contribution < -0.4 is 5.32 Å². The third-order valence-corrected chi connectivity index (χ3v) is 2.86. The maximum absolute atomic E-state index is 13.5. The van der Waals surface area contributed by atoms with Crippen molar-refractivity contribution in [3.05, 3.63) is 53.1 Å². The summed E-state index contributed by atoms with van der Waals surface area (Å²) in [5, 5.41) is 3.27. The third-order valence-electron chi connectivity index (χ3n) is 2.63. The highest BCUT2D eigenvalue weighted by Gasteiger charge is 2.07. The molecule has 3 rings (SSSR count). The molecule has 1 heterocycles. The van der Waals surface area contributed by atoms with E-state index in [9.17, 15) is 8.78 Å². The van der Waals surface area contributed by atoms with Crippen molar-refractivity contribution in [3.63, 3.8) is 0 Å². The van der Waals surface area contributed by atoms with Crippen molar-refractivity contribution in [2.75, 3.05) is 5.32 Å². The highest BCUT2D eigenvalue weighted by Crippen LogP contribution is 2.23. The summed E-state index contributed by atoms with van der Waals surface area (Å²) in [5.74, 6) is -0.760. The minimum atomic E-state index is -0.556. The highest BCUT2D eigenvalue weighted by molar-refractivity contribution is 6.31. The van der Waals surface area contributed by atoms with Crippen LogP contribution in [-0.4, -0.2) is 9.97 Å². The zero-order valence-corrected chi connectivity index (χ0v) is 10.3. The second-order valence-corrected chi connectivity index (χ2v) is 4.43. The Hall–Kier alpha value is -2.14.